The highest BCUT2D eigenvalue weighted by Crippen LogP contribution is 2.36. The number of nitrogens with zero attached hydrogens (tertiary/aromatic N) is 1. The molecule has 1 heterocycles. The molecule has 11 atom stereocenters. The van der Waals surface area contributed by atoms with Crippen molar-refractivity contribution in [3.05, 3.63) is 60.2 Å². The number of rotatable bonds is 11. The van der Waals surface area contributed by atoms with Crippen molar-refractivity contribution in [2.45, 2.75) is 86.3 Å². The second-order valence-electron chi connectivity index (χ2n) is 13.4. The summed E-state index contributed by atoms with van der Waals surface area (Å²) in [5.41, 5.74) is 29.4. The first kappa shape index (κ1) is 36.6. The molecular formula is C35H46N8O8. The van der Waals surface area contributed by atoms with Gasteiger partial charge in [0.1, 0.15) is 36.6 Å². The summed E-state index contributed by atoms with van der Waals surface area (Å²) in [6.07, 6.45) is -8.93. The summed E-state index contributed by atoms with van der Waals surface area (Å²) in [6, 6.07) is 13.7. The van der Waals surface area contributed by atoms with E-state index in [-0.39, 0.29) is 31.9 Å². The zero-order valence-electron chi connectivity index (χ0n) is 27.8. The molecule has 51 heavy (non-hydrogen) atoms. The monoisotopic (exact) mass is 706 g/mol. The van der Waals surface area contributed by atoms with Crippen molar-refractivity contribution in [1.82, 2.24) is 10.6 Å². The SMILES string of the molecule is NC(N)=NCCCC(NC(=O)c1ccc2ccc3cccc4ccc1c2c34)C(=O)NC[C@H]1O[C@H](O[C@H]2[C@H](O)[C@@H](O)[C@H](N)C[C@@H]2N)[C@H](N)[C@@H](O)[C@@H]1O. The number of hydrogen-bond donors (Lipinski definition) is 11. The zero-order valence-corrected chi connectivity index (χ0v) is 27.8. The van der Waals surface area contributed by atoms with Gasteiger partial charge < -0.3 is 69.2 Å². The van der Waals surface area contributed by atoms with Crippen LogP contribution in [0.25, 0.3) is 32.3 Å². The number of benzene rings is 4. The molecule has 2 fully saturated rings. The van der Waals surface area contributed by atoms with Crippen LogP contribution in [0.5, 0.6) is 0 Å². The minimum absolute atomic E-state index is 0.107. The Kier molecular flexibility index (Phi) is 10.9. The van der Waals surface area contributed by atoms with Crippen molar-refractivity contribution in [3.8, 4) is 0 Å². The third kappa shape index (κ3) is 7.41. The average Bonchev–Trinajstić information content (AvgIpc) is 3.11. The molecule has 16 nitrogen and oxygen atoms in total. The van der Waals surface area contributed by atoms with E-state index in [0.29, 0.717) is 12.0 Å². The summed E-state index contributed by atoms with van der Waals surface area (Å²) in [6.45, 7) is -0.0988. The molecule has 1 aliphatic carbocycles. The standard InChI is InChI=1S/C35H46N8O8/c36-20-13-21(37)31(30(47)27(20)44)51-34-26(38)29(46)28(45)23(50-34)14-42-33(49)22(5-2-12-41-35(39)40)43-32(48)19-11-9-17-7-6-15-3-1-4-16-8-10-18(19)25(17)24(15)16/h1,3-4,6-11,20-23,26-31,34,44-47H,2,5,12-14,36-38H2,(H,42,49)(H,43,48)(H4,39,40,41)/t20-,21+,22?,23-,26-,27+,28-,29-,30-,31-,34-/m1/s1. The van der Waals surface area contributed by atoms with E-state index in [1.54, 1.807) is 6.07 Å². The topological polar surface area (TPSA) is 300 Å². The largest absolute Gasteiger partial charge is 0.389 e. The number of aliphatic hydroxyl groups is 4. The lowest BCUT2D eigenvalue weighted by Gasteiger charge is -2.46. The lowest BCUT2D eigenvalue weighted by Crippen LogP contribution is -2.67. The molecule has 1 aliphatic heterocycles. The Bertz CT molecular complexity index is 1880. The number of carbonyl (C=O) groups excluding carboxylic acids is 2. The highest BCUT2D eigenvalue weighted by molar-refractivity contribution is 6.26. The minimum atomic E-state index is -1.54. The van der Waals surface area contributed by atoms with Crippen LogP contribution in [0.2, 0.25) is 0 Å². The van der Waals surface area contributed by atoms with Crippen LogP contribution in [-0.4, -0.2) is 118 Å². The summed E-state index contributed by atoms with van der Waals surface area (Å²) in [4.78, 5) is 31.5. The van der Waals surface area contributed by atoms with E-state index in [9.17, 15) is 30.0 Å². The molecule has 1 saturated carbocycles. The van der Waals surface area contributed by atoms with E-state index in [4.69, 9.17) is 38.1 Å². The molecule has 274 valence electrons. The van der Waals surface area contributed by atoms with Gasteiger partial charge in [-0.3, -0.25) is 14.6 Å². The Morgan fingerprint density at radius 1 is 0.863 bits per heavy atom. The quantitative estimate of drug-likeness (QED) is 0.0342. The Balaban J connectivity index is 1.18. The molecule has 4 aromatic carbocycles. The van der Waals surface area contributed by atoms with Crippen LogP contribution in [0.4, 0.5) is 0 Å². The zero-order chi connectivity index (χ0) is 36.6. The van der Waals surface area contributed by atoms with Crippen LogP contribution in [0.1, 0.15) is 29.6 Å². The van der Waals surface area contributed by atoms with E-state index >= 15 is 0 Å². The van der Waals surface area contributed by atoms with Gasteiger partial charge in [0.05, 0.1) is 12.1 Å². The summed E-state index contributed by atoms with van der Waals surface area (Å²) < 4.78 is 11.7. The van der Waals surface area contributed by atoms with E-state index in [1.807, 2.05) is 48.5 Å². The normalized spacial score (nSPS) is 30.3. The van der Waals surface area contributed by atoms with Crippen LogP contribution in [0.15, 0.2) is 59.6 Å². The lowest BCUT2D eigenvalue weighted by atomic mass is 9.84. The number of amides is 2. The minimum Gasteiger partial charge on any atom is -0.389 e. The molecule has 0 spiro atoms. The Hall–Kier alpha value is -4.23. The first-order valence-corrected chi connectivity index (χ1v) is 17.0. The number of carbonyl (C=O) groups is 2. The summed E-state index contributed by atoms with van der Waals surface area (Å²) in [5.74, 6) is -1.17. The number of guanidine groups is 1. The number of hydrogen-bond acceptors (Lipinski definition) is 12. The van der Waals surface area contributed by atoms with Gasteiger partial charge in [-0.1, -0.05) is 48.5 Å². The number of aliphatic hydroxyl groups excluding tert-OH is 4. The molecule has 2 amide bonds. The first-order chi connectivity index (χ1) is 24.3. The summed E-state index contributed by atoms with van der Waals surface area (Å²) >= 11 is 0. The van der Waals surface area contributed by atoms with Crippen LogP contribution in [0.3, 0.4) is 0 Å². The van der Waals surface area contributed by atoms with Crippen LogP contribution < -0.4 is 39.3 Å². The second-order valence-corrected chi connectivity index (χ2v) is 13.4. The third-order valence-electron chi connectivity index (χ3n) is 9.95. The maximum atomic E-state index is 13.9. The highest BCUT2D eigenvalue weighted by Gasteiger charge is 2.48. The molecule has 0 aromatic heterocycles. The van der Waals surface area contributed by atoms with Gasteiger partial charge in [-0.05, 0) is 57.6 Å². The molecular weight excluding hydrogens is 660 g/mol. The van der Waals surface area contributed by atoms with Gasteiger partial charge in [-0.25, -0.2) is 0 Å². The Labute approximate surface area is 293 Å². The molecule has 2 aliphatic rings. The molecule has 4 aromatic rings. The predicted molar refractivity (Wildman–Crippen MR) is 190 cm³/mol. The van der Waals surface area contributed by atoms with Crippen molar-refractivity contribution >= 4 is 50.1 Å². The van der Waals surface area contributed by atoms with Crippen LogP contribution >= 0.6 is 0 Å². The molecule has 0 radical (unpaired) electrons. The van der Waals surface area contributed by atoms with Crippen molar-refractivity contribution in [2.24, 2.45) is 33.7 Å². The fraction of sp³-hybridized carbons (Fsp3) is 0.457. The Morgan fingerprint density at radius 2 is 1.53 bits per heavy atom. The molecule has 1 saturated heterocycles. The number of aliphatic imine (C=N–C) groups is 1. The summed E-state index contributed by atoms with van der Waals surface area (Å²) in [5, 5.41) is 53.7. The maximum absolute atomic E-state index is 13.9. The maximum Gasteiger partial charge on any atom is 0.252 e. The van der Waals surface area contributed by atoms with Crippen molar-refractivity contribution < 1.29 is 39.5 Å². The van der Waals surface area contributed by atoms with Crippen molar-refractivity contribution in [2.75, 3.05) is 13.1 Å². The van der Waals surface area contributed by atoms with Crippen molar-refractivity contribution in [3.63, 3.8) is 0 Å². The highest BCUT2D eigenvalue weighted by atomic mass is 16.7. The van der Waals surface area contributed by atoms with Gasteiger partial charge in [-0.15, -0.1) is 0 Å². The van der Waals surface area contributed by atoms with Gasteiger partial charge in [-0.2, -0.15) is 0 Å². The van der Waals surface area contributed by atoms with E-state index in [1.165, 1.54) is 0 Å². The second kappa shape index (κ2) is 15.2. The number of ether oxygens (including phenoxy) is 2. The fourth-order valence-electron chi connectivity index (χ4n) is 7.13. The van der Waals surface area contributed by atoms with E-state index in [0.717, 1.165) is 32.3 Å². The number of nitrogens with two attached hydrogens (primary N) is 5. The van der Waals surface area contributed by atoms with E-state index in [2.05, 4.69) is 15.6 Å². The van der Waals surface area contributed by atoms with E-state index < -0.39 is 78.9 Å². The molecule has 0 bridgehead atoms. The first-order valence-electron chi connectivity index (χ1n) is 17.0. The average molecular weight is 707 g/mol. The summed E-state index contributed by atoms with van der Waals surface area (Å²) in [7, 11) is 0. The Morgan fingerprint density at radius 3 is 2.24 bits per heavy atom. The van der Waals surface area contributed by atoms with Gasteiger partial charge in [0.25, 0.3) is 5.91 Å². The van der Waals surface area contributed by atoms with Gasteiger partial charge in [0, 0.05) is 30.7 Å². The van der Waals surface area contributed by atoms with Gasteiger partial charge in [0.15, 0.2) is 12.2 Å². The molecule has 6 rings (SSSR count). The van der Waals surface area contributed by atoms with Crippen LogP contribution in [-0.2, 0) is 14.3 Å². The smallest absolute Gasteiger partial charge is 0.252 e. The fourth-order valence-corrected chi connectivity index (χ4v) is 7.13. The van der Waals surface area contributed by atoms with Crippen LogP contribution in [0, 0.1) is 0 Å². The molecule has 16 N–H and O–H groups in total. The third-order valence-corrected chi connectivity index (χ3v) is 9.95. The predicted octanol–water partition coefficient (Wildman–Crippen LogP) is -2.21. The van der Waals surface area contributed by atoms with Gasteiger partial charge in [0.2, 0.25) is 5.91 Å². The van der Waals surface area contributed by atoms with Crippen molar-refractivity contribution in [1.29, 1.82) is 0 Å². The van der Waals surface area contributed by atoms with Gasteiger partial charge >= 0.3 is 0 Å². The molecule has 16 heteroatoms. The number of nitrogens with one attached hydrogen (secondary N) is 2. The lowest BCUT2D eigenvalue weighted by molar-refractivity contribution is -0.288. The molecule has 1 unspecified atom stereocenters.